The average Bonchev–Trinajstić information content (AvgIpc) is 3.50. The maximum atomic E-state index is 12.3. The summed E-state index contributed by atoms with van der Waals surface area (Å²) in [7, 11) is 0. The lowest BCUT2D eigenvalue weighted by molar-refractivity contribution is -0.143. The summed E-state index contributed by atoms with van der Waals surface area (Å²) in [4.78, 5) is 27.5. The van der Waals surface area contributed by atoms with E-state index in [1.165, 1.54) is 68.8 Å². The number of fused-ring (bicyclic) bond motifs is 1. The standard InChI is InChI=1S/C32H48Cl2N6O3/c1-5-6-7-8-9-10-11-12-13-14-15-16-21-43-26(41)19-20-35-31(42)36-23-17-18-24(25(33)22-23)29-37-30-27(34)28(32(2,3)4)38-40(30)39-29/h17-18,22H,5-16,19-21H2,1-4H3,(H,37,39)(H2,35,36,42). The Balaban J connectivity index is 1.29. The topological polar surface area (TPSA) is 113 Å². The maximum absolute atomic E-state index is 12.3. The smallest absolute Gasteiger partial charge is 0.319 e. The van der Waals surface area contributed by atoms with Gasteiger partial charge in [0.1, 0.15) is 5.02 Å². The number of esters is 1. The van der Waals surface area contributed by atoms with Crippen molar-refractivity contribution in [3.8, 4) is 11.4 Å². The second-order valence-corrected chi connectivity index (χ2v) is 12.9. The Morgan fingerprint density at radius 3 is 2.14 bits per heavy atom. The number of urea groups is 1. The summed E-state index contributed by atoms with van der Waals surface area (Å²) >= 11 is 13.0. The number of aromatic nitrogens is 4. The van der Waals surface area contributed by atoms with E-state index in [1.54, 1.807) is 18.2 Å². The number of halogens is 2. The van der Waals surface area contributed by atoms with Crippen LogP contribution in [0.1, 0.15) is 117 Å². The number of ether oxygens (including phenoxy) is 1. The normalized spacial score (nSPS) is 11.7. The molecule has 0 saturated carbocycles. The van der Waals surface area contributed by atoms with E-state index in [2.05, 4.69) is 32.7 Å². The van der Waals surface area contributed by atoms with Gasteiger partial charge in [-0.1, -0.05) is 122 Å². The van der Waals surface area contributed by atoms with Gasteiger partial charge < -0.3 is 20.4 Å². The van der Waals surface area contributed by atoms with Gasteiger partial charge in [-0.3, -0.25) is 4.79 Å². The monoisotopic (exact) mass is 634 g/mol. The number of benzene rings is 1. The van der Waals surface area contributed by atoms with Crippen molar-refractivity contribution in [2.75, 3.05) is 18.5 Å². The van der Waals surface area contributed by atoms with Gasteiger partial charge in [0, 0.05) is 23.2 Å². The predicted octanol–water partition coefficient (Wildman–Crippen LogP) is 9.08. The number of anilines is 1. The van der Waals surface area contributed by atoms with Crippen LogP contribution in [0.25, 0.3) is 17.0 Å². The highest BCUT2D eigenvalue weighted by Crippen LogP contribution is 2.33. The number of nitrogens with one attached hydrogen (secondary N) is 3. The first-order chi connectivity index (χ1) is 20.6. The molecule has 0 aliphatic heterocycles. The molecule has 9 nitrogen and oxygen atoms in total. The fraction of sp³-hybridized carbons (Fsp3) is 0.625. The van der Waals surface area contributed by atoms with E-state index < -0.39 is 6.03 Å². The molecule has 0 radical (unpaired) electrons. The molecule has 43 heavy (non-hydrogen) atoms. The number of unbranched alkanes of at least 4 members (excludes halogenated alkanes) is 11. The molecule has 0 bridgehead atoms. The van der Waals surface area contributed by atoms with Crippen LogP contribution in [0.3, 0.4) is 0 Å². The summed E-state index contributed by atoms with van der Waals surface area (Å²) < 4.78 is 6.77. The number of aromatic amines is 1. The maximum Gasteiger partial charge on any atom is 0.319 e. The van der Waals surface area contributed by atoms with Crippen LogP contribution in [-0.4, -0.2) is 45.0 Å². The number of carbonyl (C=O) groups excluding carboxylic acids is 2. The number of amides is 2. The van der Waals surface area contributed by atoms with Crippen molar-refractivity contribution in [2.45, 2.75) is 117 Å². The first-order valence-electron chi connectivity index (χ1n) is 15.8. The summed E-state index contributed by atoms with van der Waals surface area (Å²) in [5, 5.41) is 15.3. The minimum atomic E-state index is -0.435. The van der Waals surface area contributed by atoms with Gasteiger partial charge in [-0.05, 0) is 24.6 Å². The van der Waals surface area contributed by atoms with E-state index in [0.29, 0.717) is 39.4 Å². The molecule has 0 fully saturated rings. The van der Waals surface area contributed by atoms with Crippen LogP contribution in [-0.2, 0) is 14.9 Å². The lowest BCUT2D eigenvalue weighted by atomic mass is 9.92. The van der Waals surface area contributed by atoms with Crippen molar-refractivity contribution in [2.24, 2.45) is 0 Å². The van der Waals surface area contributed by atoms with Crippen molar-refractivity contribution < 1.29 is 14.3 Å². The number of hydrogen-bond donors (Lipinski definition) is 3. The quantitative estimate of drug-likeness (QED) is 0.0953. The van der Waals surface area contributed by atoms with E-state index in [9.17, 15) is 9.59 Å². The number of rotatable bonds is 18. The van der Waals surface area contributed by atoms with Crippen molar-refractivity contribution in [3.05, 3.63) is 33.9 Å². The minimum absolute atomic E-state index is 0.116. The third-order valence-corrected chi connectivity index (χ3v) is 7.98. The third-order valence-electron chi connectivity index (χ3n) is 7.31. The molecular weight excluding hydrogens is 587 g/mol. The van der Waals surface area contributed by atoms with E-state index in [4.69, 9.17) is 27.9 Å². The Hall–Kier alpha value is -2.78. The Bertz CT molecular complexity index is 1310. The van der Waals surface area contributed by atoms with Crippen LogP contribution in [0.5, 0.6) is 0 Å². The van der Waals surface area contributed by atoms with E-state index in [0.717, 1.165) is 18.5 Å². The predicted molar refractivity (Wildman–Crippen MR) is 175 cm³/mol. The van der Waals surface area contributed by atoms with Gasteiger partial charge in [0.25, 0.3) is 0 Å². The summed E-state index contributed by atoms with van der Waals surface area (Å²) in [5.41, 5.74) is 2.27. The van der Waals surface area contributed by atoms with Gasteiger partial charge in [0.2, 0.25) is 0 Å². The zero-order valence-electron chi connectivity index (χ0n) is 26.2. The molecule has 2 amide bonds. The lowest BCUT2D eigenvalue weighted by Crippen LogP contribution is -2.30. The molecule has 3 rings (SSSR count). The molecule has 0 aliphatic carbocycles. The highest BCUT2D eigenvalue weighted by atomic mass is 35.5. The largest absolute Gasteiger partial charge is 0.466 e. The molecule has 0 saturated heterocycles. The molecular formula is C32H48Cl2N6O3. The van der Waals surface area contributed by atoms with Gasteiger partial charge in [0.05, 0.1) is 23.7 Å². The second-order valence-electron chi connectivity index (χ2n) is 12.2. The van der Waals surface area contributed by atoms with Crippen LogP contribution in [0.15, 0.2) is 18.2 Å². The SMILES string of the molecule is CCCCCCCCCCCCCCOC(=O)CCNC(=O)Nc1ccc(-c2nn3nc(C(C)(C)C)c(Cl)c3[nH]2)c(Cl)c1. The molecule has 3 aromatic rings. The third kappa shape index (κ3) is 11.3. The molecule has 0 aliphatic rings. The summed E-state index contributed by atoms with van der Waals surface area (Å²) in [6, 6.07) is 4.67. The first kappa shape index (κ1) is 34.7. The number of H-pyrrole nitrogens is 1. The lowest BCUT2D eigenvalue weighted by Gasteiger charge is -2.14. The highest BCUT2D eigenvalue weighted by Gasteiger charge is 2.25. The fourth-order valence-electron chi connectivity index (χ4n) is 4.84. The van der Waals surface area contributed by atoms with E-state index in [1.807, 2.05) is 20.8 Å². The summed E-state index contributed by atoms with van der Waals surface area (Å²) in [6.07, 6.45) is 15.3. The van der Waals surface area contributed by atoms with Gasteiger partial charge in [-0.25, -0.2) is 4.79 Å². The average molecular weight is 636 g/mol. The second kappa shape index (κ2) is 17.5. The van der Waals surface area contributed by atoms with Gasteiger partial charge in [-0.2, -0.15) is 5.10 Å². The fourth-order valence-corrected chi connectivity index (χ4v) is 5.55. The summed E-state index contributed by atoms with van der Waals surface area (Å²) in [5.74, 6) is 0.197. The van der Waals surface area contributed by atoms with Crippen LogP contribution in [0.4, 0.5) is 10.5 Å². The Kier molecular flexibility index (Phi) is 14.1. The van der Waals surface area contributed by atoms with Crippen LogP contribution >= 0.6 is 23.2 Å². The van der Waals surface area contributed by atoms with Crippen molar-refractivity contribution >= 4 is 46.5 Å². The first-order valence-corrected chi connectivity index (χ1v) is 16.5. The van der Waals surface area contributed by atoms with E-state index in [-0.39, 0.29) is 24.3 Å². The summed E-state index contributed by atoms with van der Waals surface area (Å²) in [6.45, 7) is 8.96. The number of carbonyl (C=O) groups is 2. The number of nitrogens with zero attached hydrogens (tertiary/aromatic N) is 3. The molecule has 0 atom stereocenters. The molecule has 11 heteroatoms. The van der Waals surface area contributed by atoms with Crippen molar-refractivity contribution in [1.29, 1.82) is 0 Å². The molecule has 2 aromatic heterocycles. The van der Waals surface area contributed by atoms with E-state index >= 15 is 0 Å². The van der Waals surface area contributed by atoms with Gasteiger partial charge >= 0.3 is 12.0 Å². The zero-order valence-corrected chi connectivity index (χ0v) is 27.7. The van der Waals surface area contributed by atoms with Crippen molar-refractivity contribution in [3.63, 3.8) is 0 Å². The Labute approximate surface area is 265 Å². The highest BCUT2D eigenvalue weighted by molar-refractivity contribution is 6.34. The molecule has 0 unspecified atom stereocenters. The number of hydrogen-bond acceptors (Lipinski definition) is 5. The zero-order chi connectivity index (χ0) is 31.2. The van der Waals surface area contributed by atoms with Crippen molar-refractivity contribution in [1.82, 2.24) is 25.1 Å². The molecule has 1 aromatic carbocycles. The van der Waals surface area contributed by atoms with Crippen LogP contribution in [0.2, 0.25) is 10.0 Å². The van der Waals surface area contributed by atoms with Crippen LogP contribution < -0.4 is 10.6 Å². The molecule has 3 N–H and O–H groups in total. The molecule has 0 spiro atoms. The minimum Gasteiger partial charge on any atom is -0.466 e. The Morgan fingerprint density at radius 1 is 0.930 bits per heavy atom. The van der Waals surface area contributed by atoms with Gasteiger partial charge in [-0.15, -0.1) is 9.73 Å². The molecule has 2 heterocycles. The van der Waals surface area contributed by atoms with Gasteiger partial charge in [0.15, 0.2) is 11.5 Å². The van der Waals surface area contributed by atoms with Crippen LogP contribution in [0, 0.1) is 0 Å². The molecule has 238 valence electrons. The Morgan fingerprint density at radius 2 is 1.56 bits per heavy atom.